The van der Waals surface area contributed by atoms with Gasteiger partial charge in [0.1, 0.15) is 5.75 Å². The molecule has 1 aromatic carbocycles. The van der Waals surface area contributed by atoms with E-state index in [1.165, 1.54) is 23.5 Å². The lowest BCUT2D eigenvalue weighted by molar-refractivity contribution is 0.0756. The van der Waals surface area contributed by atoms with Crippen molar-refractivity contribution in [1.29, 1.82) is 0 Å². The van der Waals surface area contributed by atoms with Crippen LogP contribution in [0.15, 0.2) is 47.4 Å². The molecular formula is C19H22N2O3. The Labute approximate surface area is 141 Å². The number of carbonyl (C=O) groups is 1. The molecule has 126 valence electrons. The van der Waals surface area contributed by atoms with Crippen molar-refractivity contribution in [2.45, 2.75) is 19.8 Å². The monoisotopic (exact) mass is 326 g/mol. The molecule has 1 saturated carbocycles. The van der Waals surface area contributed by atoms with Crippen LogP contribution < -0.4 is 10.3 Å². The average Bonchev–Trinajstić information content (AvgIpc) is 3.44. The third-order valence-electron chi connectivity index (χ3n) is 4.35. The van der Waals surface area contributed by atoms with Gasteiger partial charge in [-0.15, -0.1) is 0 Å². The first-order chi connectivity index (χ1) is 11.6. The number of pyridine rings is 1. The second-order valence-electron chi connectivity index (χ2n) is 6.11. The molecule has 2 aromatic rings. The quantitative estimate of drug-likeness (QED) is 0.820. The molecule has 5 nitrogen and oxygen atoms in total. The van der Waals surface area contributed by atoms with Gasteiger partial charge in [0.25, 0.3) is 11.5 Å². The standard InChI is InChI=1S/C19H22N2O3/c1-3-20(12-14-4-5-14)19(23)15-6-11-18(22)21(13-15)16-7-9-17(24-2)10-8-16/h6-11,13-14H,3-5,12H2,1-2H3. The maximum Gasteiger partial charge on any atom is 0.255 e. The largest absolute Gasteiger partial charge is 0.497 e. The lowest BCUT2D eigenvalue weighted by atomic mass is 10.2. The zero-order chi connectivity index (χ0) is 17.1. The molecule has 1 amide bonds. The van der Waals surface area contributed by atoms with Crippen LogP contribution in [0.1, 0.15) is 30.1 Å². The summed E-state index contributed by atoms with van der Waals surface area (Å²) >= 11 is 0. The Morgan fingerprint density at radius 2 is 1.92 bits per heavy atom. The lowest BCUT2D eigenvalue weighted by Gasteiger charge is -2.21. The Hall–Kier alpha value is -2.56. The first-order valence-electron chi connectivity index (χ1n) is 8.28. The van der Waals surface area contributed by atoms with Crippen LogP contribution in [0.3, 0.4) is 0 Å². The van der Waals surface area contributed by atoms with E-state index in [-0.39, 0.29) is 11.5 Å². The van der Waals surface area contributed by atoms with Crippen LogP contribution in [0.25, 0.3) is 5.69 Å². The number of carbonyl (C=O) groups excluding carboxylic acids is 1. The number of rotatable bonds is 6. The van der Waals surface area contributed by atoms with Gasteiger partial charge in [-0.1, -0.05) is 0 Å². The van der Waals surface area contributed by atoms with Crippen molar-refractivity contribution >= 4 is 5.91 Å². The van der Waals surface area contributed by atoms with Crippen molar-refractivity contribution < 1.29 is 9.53 Å². The highest BCUT2D eigenvalue weighted by Gasteiger charge is 2.26. The first-order valence-corrected chi connectivity index (χ1v) is 8.28. The van der Waals surface area contributed by atoms with E-state index >= 15 is 0 Å². The summed E-state index contributed by atoms with van der Waals surface area (Å²) in [7, 11) is 1.60. The Morgan fingerprint density at radius 1 is 1.21 bits per heavy atom. The third kappa shape index (κ3) is 3.50. The van der Waals surface area contributed by atoms with Gasteiger partial charge < -0.3 is 9.64 Å². The molecule has 5 heteroatoms. The zero-order valence-corrected chi connectivity index (χ0v) is 14.1. The minimum absolute atomic E-state index is 0.0216. The van der Waals surface area contributed by atoms with Crippen molar-refractivity contribution in [3.8, 4) is 11.4 Å². The van der Waals surface area contributed by atoms with Gasteiger partial charge in [0.05, 0.1) is 12.7 Å². The first kappa shape index (κ1) is 16.3. The van der Waals surface area contributed by atoms with Gasteiger partial charge in [-0.3, -0.25) is 14.2 Å². The van der Waals surface area contributed by atoms with E-state index in [9.17, 15) is 9.59 Å². The number of hydrogen-bond acceptors (Lipinski definition) is 3. The minimum atomic E-state index is -0.165. The van der Waals surface area contributed by atoms with E-state index in [2.05, 4.69) is 0 Å². The Balaban J connectivity index is 1.89. The summed E-state index contributed by atoms with van der Waals surface area (Å²) in [6.45, 7) is 3.47. The van der Waals surface area contributed by atoms with E-state index in [4.69, 9.17) is 4.74 Å². The van der Waals surface area contributed by atoms with Crippen LogP contribution in [-0.4, -0.2) is 35.6 Å². The van der Waals surface area contributed by atoms with Gasteiger partial charge in [0.2, 0.25) is 0 Å². The van der Waals surface area contributed by atoms with Crippen LogP contribution >= 0.6 is 0 Å². The number of aromatic nitrogens is 1. The fraction of sp³-hybridized carbons (Fsp3) is 0.368. The van der Waals surface area contributed by atoms with Crippen LogP contribution in [0.2, 0.25) is 0 Å². The fourth-order valence-corrected chi connectivity index (χ4v) is 2.71. The maximum atomic E-state index is 12.7. The van der Waals surface area contributed by atoms with Crippen molar-refractivity contribution in [2.24, 2.45) is 5.92 Å². The molecule has 0 saturated heterocycles. The Bertz CT molecular complexity index is 776. The smallest absolute Gasteiger partial charge is 0.255 e. The Kier molecular flexibility index (Phi) is 4.69. The number of benzene rings is 1. The second-order valence-corrected chi connectivity index (χ2v) is 6.11. The van der Waals surface area contributed by atoms with Gasteiger partial charge >= 0.3 is 0 Å². The summed E-state index contributed by atoms with van der Waals surface area (Å²) in [4.78, 5) is 26.8. The highest BCUT2D eigenvalue weighted by molar-refractivity contribution is 5.94. The zero-order valence-electron chi connectivity index (χ0n) is 14.1. The predicted octanol–water partition coefficient (Wildman–Crippen LogP) is 2.72. The SMILES string of the molecule is CCN(CC1CC1)C(=O)c1ccc(=O)n(-c2ccc(OC)cc2)c1. The molecule has 0 atom stereocenters. The number of ether oxygens (including phenoxy) is 1. The number of nitrogens with zero attached hydrogens (tertiary/aromatic N) is 2. The van der Waals surface area contributed by atoms with Gasteiger partial charge in [-0.25, -0.2) is 0 Å². The fourth-order valence-electron chi connectivity index (χ4n) is 2.71. The molecular weight excluding hydrogens is 304 g/mol. The summed E-state index contributed by atoms with van der Waals surface area (Å²) in [5, 5.41) is 0. The van der Waals surface area contributed by atoms with Crippen molar-refractivity contribution in [1.82, 2.24) is 9.47 Å². The van der Waals surface area contributed by atoms with Gasteiger partial charge in [0.15, 0.2) is 0 Å². The molecule has 0 unspecified atom stereocenters. The maximum absolute atomic E-state index is 12.7. The van der Waals surface area contributed by atoms with Crippen molar-refractivity contribution in [3.05, 3.63) is 58.5 Å². The van der Waals surface area contributed by atoms with Crippen LogP contribution in [0.5, 0.6) is 5.75 Å². The van der Waals surface area contributed by atoms with Crippen LogP contribution in [0.4, 0.5) is 0 Å². The normalized spacial score (nSPS) is 13.6. The van der Waals surface area contributed by atoms with Crippen molar-refractivity contribution in [3.63, 3.8) is 0 Å². The number of methoxy groups -OCH3 is 1. The molecule has 0 aliphatic heterocycles. The molecule has 1 fully saturated rings. The number of amides is 1. The molecule has 0 spiro atoms. The Morgan fingerprint density at radius 3 is 2.50 bits per heavy atom. The van der Waals surface area contributed by atoms with E-state index in [1.54, 1.807) is 43.6 Å². The topological polar surface area (TPSA) is 51.5 Å². The summed E-state index contributed by atoms with van der Waals surface area (Å²) < 4.78 is 6.64. The summed E-state index contributed by atoms with van der Waals surface area (Å²) in [5.74, 6) is 1.34. The van der Waals surface area contributed by atoms with Gasteiger partial charge in [-0.05, 0) is 56.0 Å². The summed E-state index contributed by atoms with van der Waals surface area (Å²) in [6, 6.07) is 10.2. The average molecular weight is 326 g/mol. The van der Waals surface area contributed by atoms with E-state index in [0.717, 1.165) is 12.3 Å². The lowest BCUT2D eigenvalue weighted by Crippen LogP contribution is -2.33. The highest BCUT2D eigenvalue weighted by Crippen LogP contribution is 2.30. The molecule has 1 aliphatic carbocycles. The molecule has 0 radical (unpaired) electrons. The van der Waals surface area contributed by atoms with E-state index < -0.39 is 0 Å². The molecule has 1 heterocycles. The molecule has 24 heavy (non-hydrogen) atoms. The summed E-state index contributed by atoms with van der Waals surface area (Å²) in [6.07, 6.45) is 4.03. The minimum Gasteiger partial charge on any atom is -0.497 e. The van der Waals surface area contributed by atoms with Gasteiger partial charge in [0, 0.05) is 31.0 Å². The molecule has 1 aromatic heterocycles. The van der Waals surface area contributed by atoms with E-state index in [0.29, 0.717) is 23.7 Å². The highest BCUT2D eigenvalue weighted by atomic mass is 16.5. The van der Waals surface area contributed by atoms with Crippen molar-refractivity contribution in [2.75, 3.05) is 20.2 Å². The third-order valence-corrected chi connectivity index (χ3v) is 4.35. The predicted molar refractivity (Wildman–Crippen MR) is 92.9 cm³/mol. The molecule has 3 rings (SSSR count). The molecule has 0 N–H and O–H groups in total. The second kappa shape index (κ2) is 6.91. The molecule has 1 aliphatic rings. The van der Waals surface area contributed by atoms with E-state index in [1.807, 2.05) is 11.8 Å². The molecule has 0 bridgehead atoms. The van der Waals surface area contributed by atoms with Gasteiger partial charge in [-0.2, -0.15) is 0 Å². The number of hydrogen-bond donors (Lipinski definition) is 0. The van der Waals surface area contributed by atoms with Crippen LogP contribution in [-0.2, 0) is 0 Å². The van der Waals surface area contributed by atoms with Crippen LogP contribution in [0, 0.1) is 5.92 Å². The summed E-state index contributed by atoms with van der Waals surface area (Å²) in [5.41, 5.74) is 1.08.